The molecule has 0 atom stereocenters. The zero-order chi connectivity index (χ0) is 17.8. The molecule has 134 valence electrons. The fourth-order valence-corrected chi connectivity index (χ4v) is 3.64. The minimum absolute atomic E-state index is 0.0665. The molecule has 0 aliphatic carbocycles. The number of aryl methyl sites for hydroxylation is 2. The van der Waals surface area contributed by atoms with E-state index in [-0.39, 0.29) is 5.91 Å². The topological polar surface area (TPSA) is 65.8 Å². The van der Waals surface area contributed by atoms with Crippen molar-refractivity contribution in [1.29, 1.82) is 0 Å². The minimum atomic E-state index is 0.0665. The van der Waals surface area contributed by atoms with Crippen LogP contribution in [0.15, 0.2) is 29.5 Å². The summed E-state index contributed by atoms with van der Waals surface area (Å²) in [5.41, 5.74) is 0.850. The van der Waals surface area contributed by atoms with Crippen molar-refractivity contribution in [3.63, 3.8) is 0 Å². The van der Waals surface area contributed by atoms with Crippen LogP contribution in [-0.4, -0.2) is 52.7 Å². The molecule has 2 aromatic heterocycles. The Labute approximate surface area is 152 Å². The van der Waals surface area contributed by atoms with Crippen LogP contribution < -0.4 is 10.2 Å². The average Bonchev–Trinajstić information content (AvgIpc) is 3.19. The second kappa shape index (κ2) is 7.69. The van der Waals surface area contributed by atoms with Crippen molar-refractivity contribution in [2.45, 2.75) is 20.4 Å². The van der Waals surface area contributed by atoms with E-state index in [2.05, 4.69) is 29.5 Å². The van der Waals surface area contributed by atoms with Gasteiger partial charge in [0, 0.05) is 42.6 Å². The summed E-state index contributed by atoms with van der Waals surface area (Å²) in [4.78, 5) is 23.6. The summed E-state index contributed by atoms with van der Waals surface area (Å²) < 4.78 is 1.71. The van der Waals surface area contributed by atoms with Crippen LogP contribution in [0.5, 0.6) is 0 Å². The lowest BCUT2D eigenvalue weighted by molar-refractivity contribution is -0.120. The van der Waals surface area contributed by atoms with Gasteiger partial charge in [0.15, 0.2) is 5.96 Å². The van der Waals surface area contributed by atoms with Gasteiger partial charge >= 0.3 is 0 Å². The quantitative estimate of drug-likeness (QED) is 0.664. The number of carbonyl (C=O) groups excluding carboxylic acids is 1. The molecule has 0 saturated carbocycles. The Bertz CT molecular complexity index is 765. The number of amides is 1. The fraction of sp³-hybridized carbons (Fsp3) is 0.471. The molecule has 7 nitrogen and oxygen atoms in total. The predicted octanol–water partition coefficient (Wildman–Crippen LogP) is 1.60. The van der Waals surface area contributed by atoms with Crippen molar-refractivity contribution in [3.05, 3.63) is 34.3 Å². The normalized spacial score (nSPS) is 15.8. The Hall–Kier alpha value is -2.35. The molecule has 0 radical (unpaired) electrons. The fourth-order valence-electron chi connectivity index (χ4n) is 2.82. The number of anilines is 1. The molecule has 0 unspecified atom stereocenters. The summed E-state index contributed by atoms with van der Waals surface area (Å²) in [6, 6.07) is 4.22. The molecule has 1 N–H and O–H groups in total. The van der Waals surface area contributed by atoms with Crippen LogP contribution in [0.4, 0.5) is 5.69 Å². The van der Waals surface area contributed by atoms with E-state index in [1.807, 2.05) is 25.1 Å². The monoisotopic (exact) mass is 360 g/mol. The smallest absolute Gasteiger partial charge is 0.246 e. The highest BCUT2D eigenvalue weighted by Gasteiger charge is 2.27. The summed E-state index contributed by atoms with van der Waals surface area (Å²) in [6.07, 6.45) is 3.60. The number of nitrogens with zero attached hydrogens (tertiary/aromatic N) is 5. The molecule has 1 aliphatic heterocycles. The number of carbonyl (C=O) groups is 1. The zero-order valence-corrected chi connectivity index (χ0v) is 15.7. The standard InChI is InChI=1S/C17H24N6OS/c1-4-18-17(19-10-15-6-5-13(2)25-15)22-7-8-23(16(24)12-22)14-9-20-21(3)11-14/h5-6,9,11H,4,7-8,10,12H2,1-3H3,(H,18,19). The first-order valence-corrected chi connectivity index (χ1v) is 9.26. The van der Waals surface area contributed by atoms with Crippen molar-refractivity contribution < 1.29 is 4.79 Å². The number of hydrogen-bond acceptors (Lipinski definition) is 4. The summed E-state index contributed by atoms with van der Waals surface area (Å²) in [5.74, 6) is 0.865. The van der Waals surface area contributed by atoms with E-state index < -0.39 is 0 Å². The van der Waals surface area contributed by atoms with Crippen molar-refractivity contribution >= 4 is 28.9 Å². The Balaban J connectivity index is 1.67. The van der Waals surface area contributed by atoms with Crippen LogP contribution in [0.25, 0.3) is 0 Å². The molecule has 1 fully saturated rings. The largest absolute Gasteiger partial charge is 0.356 e. The first-order chi connectivity index (χ1) is 12.1. The molecule has 1 aliphatic rings. The summed E-state index contributed by atoms with van der Waals surface area (Å²) in [7, 11) is 1.85. The molecule has 0 aromatic carbocycles. The summed E-state index contributed by atoms with van der Waals surface area (Å²) in [6.45, 7) is 7.25. The highest BCUT2D eigenvalue weighted by molar-refractivity contribution is 7.11. The van der Waals surface area contributed by atoms with Crippen LogP contribution in [0.1, 0.15) is 16.7 Å². The lowest BCUT2D eigenvalue weighted by Gasteiger charge is -2.35. The second-order valence-electron chi connectivity index (χ2n) is 6.02. The third kappa shape index (κ3) is 4.19. The van der Waals surface area contributed by atoms with Crippen molar-refractivity contribution in [1.82, 2.24) is 20.0 Å². The van der Waals surface area contributed by atoms with Gasteiger partial charge in [-0.15, -0.1) is 11.3 Å². The average molecular weight is 360 g/mol. The Morgan fingerprint density at radius 3 is 2.84 bits per heavy atom. The van der Waals surface area contributed by atoms with Crippen molar-refractivity contribution in [2.75, 3.05) is 31.1 Å². The summed E-state index contributed by atoms with van der Waals surface area (Å²) in [5, 5.41) is 7.45. The van der Waals surface area contributed by atoms with Crippen molar-refractivity contribution in [3.8, 4) is 0 Å². The highest BCUT2D eigenvalue weighted by atomic mass is 32.1. The zero-order valence-electron chi connectivity index (χ0n) is 14.9. The predicted molar refractivity (Wildman–Crippen MR) is 101 cm³/mol. The van der Waals surface area contributed by atoms with Crippen LogP contribution in [0, 0.1) is 6.92 Å². The van der Waals surface area contributed by atoms with E-state index in [4.69, 9.17) is 4.99 Å². The Kier molecular flexibility index (Phi) is 5.37. The maximum atomic E-state index is 12.6. The molecule has 3 rings (SSSR count). The van der Waals surface area contributed by atoms with E-state index in [9.17, 15) is 4.79 Å². The molecule has 8 heteroatoms. The SMILES string of the molecule is CCNC(=NCc1ccc(C)s1)N1CCN(c2cnn(C)c2)C(=O)C1. The molecular formula is C17H24N6OS. The number of thiophene rings is 1. The van der Waals surface area contributed by atoms with Gasteiger partial charge in [0.05, 0.1) is 18.4 Å². The Morgan fingerprint density at radius 1 is 1.40 bits per heavy atom. The lowest BCUT2D eigenvalue weighted by atomic mass is 10.3. The van der Waals surface area contributed by atoms with E-state index in [0.29, 0.717) is 19.6 Å². The molecule has 1 amide bonds. The first kappa shape index (κ1) is 17.5. The van der Waals surface area contributed by atoms with Gasteiger partial charge in [0.1, 0.15) is 6.54 Å². The Morgan fingerprint density at radius 2 is 2.24 bits per heavy atom. The van der Waals surface area contributed by atoms with Crippen LogP contribution in [0.2, 0.25) is 0 Å². The third-order valence-corrected chi connectivity index (χ3v) is 5.02. The van der Waals surface area contributed by atoms with E-state index in [1.54, 1.807) is 27.1 Å². The number of aromatic nitrogens is 2. The number of piperazine rings is 1. The second-order valence-corrected chi connectivity index (χ2v) is 7.39. The maximum Gasteiger partial charge on any atom is 0.246 e. The first-order valence-electron chi connectivity index (χ1n) is 8.44. The number of nitrogens with one attached hydrogen (secondary N) is 1. The van der Waals surface area contributed by atoms with Crippen molar-refractivity contribution in [2.24, 2.45) is 12.0 Å². The molecule has 25 heavy (non-hydrogen) atoms. The van der Waals surface area contributed by atoms with Gasteiger partial charge in [-0.05, 0) is 26.0 Å². The number of aliphatic imine (C=N–C) groups is 1. The molecular weight excluding hydrogens is 336 g/mol. The molecule has 3 heterocycles. The molecule has 1 saturated heterocycles. The van der Waals surface area contributed by atoms with Gasteiger partial charge in [-0.3, -0.25) is 9.48 Å². The minimum Gasteiger partial charge on any atom is -0.356 e. The van der Waals surface area contributed by atoms with E-state index in [1.165, 1.54) is 9.75 Å². The number of rotatable bonds is 4. The van der Waals surface area contributed by atoms with Gasteiger partial charge in [-0.1, -0.05) is 0 Å². The van der Waals surface area contributed by atoms with Gasteiger partial charge in [0.2, 0.25) is 5.91 Å². The van der Waals surface area contributed by atoms with Gasteiger partial charge in [-0.25, -0.2) is 4.99 Å². The number of hydrogen-bond donors (Lipinski definition) is 1. The lowest BCUT2D eigenvalue weighted by Crippen LogP contribution is -2.55. The van der Waals surface area contributed by atoms with Gasteiger partial charge in [0.25, 0.3) is 0 Å². The third-order valence-electron chi connectivity index (χ3n) is 4.04. The van der Waals surface area contributed by atoms with Gasteiger partial charge in [-0.2, -0.15) is 5.10 Å². The van der Waals surface area contributed by atoms with Crippen LogP contribution in [-0.2, 0) is 18.4 Å². The maximum absolute atomic E-state index is 12.6. The number of guanidine groups is 1. The summed E-state index contributed by atoms with van der Waals surface area (Å²) >= 11 is 1.76. The highest BCUT2D eigenvalue weighted by Crippen LogP contribution is 2.18. The molecule has 2 aromatic rings. The van der Waals surface area contributed by atoms with Crippen LogP contribution >= 0.6 is 11.3 Å². The van der Waals surface area contributed by atoms with E-state index >= 15 is 0 Å². The van der Waals surface area contributed by atoms with Gasteiger partial charge < -0.3 is 15.1 Å². The van der Waals surface area contributed by atoms with Crippen LogP contribution in [0.3, 0.4) is 0 Å². The van der Waals surface area contributed by atoms with E-state index in [0.717, 1.165) is 24.7 Å². The molecule has 0 bridgehead atoms. The molecule has 0 spiro atoms.